The minimum atomic E-state index is -0.0952. The molecule has 5 heteroatoms. The molecule has 32 heavy (non-hydrogen) atoms. The topological polar surface area (TPSA) is 33.2 Å². The molecule has 0 aliphatic carbocycles. The Morgan fingerprint density at radius 1 is 0.969 bits per heavy atom. The summed E-state index contributed by atoms with van der Waals surface area (Å²) in [4.78, 5) is 20.2. The van der Waals surface area contributed by atoms with Crippen LogP contribution in [0, 0.1) is 0 Å². The van der Waals surface area contributed by atoms with E-state index in [4.69, 9.17) is 11.6 Å². The van der Waals surface area contributed by atoms with Gasteiger partial charge in [-0.05, 0) is 59.0 Å². The number of pyridine rings is 1. The van der Waals surface area contributed by atoms with Crippen molar-refractivity contribution in [3.63, 3.8) is 0 Å². The number of halogens is 1. The maximum absolute atomic E-state index is 12.9. The Morgan fingerprint density at radius 2 is 1.72 bits per heavy atom. The predicted molar refractivity (Wildman–Crippen MR) is 136 cm³/mol. The first kappa shape index (κ1) is 22.3. The van der Waals surface area contributed by atoms with Crippen LogP contribution in [0.4, 0.5) is 5.69 Å². The number of carbonyl (C=O) groups is 1. The van der Waals surface area contributed by atoms with E-state index in [1.54, 1.807) is 29.4 Å². The van der Waals surface area contributed by atoms with Gasteiger partial charge in [-0.15, -0.1) is 11.3 Å². The minimum absolute atomic E-state index is 0.00527. The number of benzene rings is 2. The van der Waals surface area contributed by atoms with E-state index in [1.807, 2.05) is 54.7 Å². The Morgan fingerprint density at radius 3 is 2.41 bits per heavy atom. The average molecular weight is 461 g/mol. The second-order valence-electron chi connectivity index (χ2n) is 8.77. The Hall–Kier alpha value is -2.95. The summed E-state index contributed by atoms with van der Waals surface area (Å²) in [5, 5.41) is 2.66. The van der Waals surface area contributed by atoms with E-state index in [1.165, 1.54) is 0 Å². The van der Waals surface area contributed by atoms with Gasteiger partial charge < -0.3 is 4.90 Å². The van der Waals surface area contributed by atoms with Crippen LogP contribution in [0.1, 0.15) is 36.8 Å². The molecule has 0 N–H and O–H groups in total. The van der Waals surface area contributed by atoms with E-state index >= 15 is 0 Å². The zero-order chi connectivity index (χ0) is 22.9. The summed E-state index contributed by atoms with van der Waals surface area (Å²) in [6, 6.07) is 21.4. The number of nitrogens with zero attached hydrogens (tertiary/aromatic N) is 2. The van der Waals surface area contributed by atoms with Gasteiger partial charge in [0.2, 0.25) is 0 Å². The fraction of sp³-hybridized carbons (Fsp3) is 0.185. The smallest absolute Gasteiger partial charge is 0.258 e. The van der Waals surface area contributed by atoms with Crippen LogP contribution in [0.25, 0.3) is 21.6 Å². The van der Waals surface area contributed by atoms with Gasteiger partial charge in [0.1, 0.15) is 0 Å². The molecule has 0 spiro atoms. The zero-order valence-corrected chi connectivity index (χ0v) is 20.2. The van der Waals surface area contributed by atoms with Gasteiger partial charge in [-0.3, -0.25) is 9.78 Å². The van der Waals surface area contributed by atoms with Gasteiger partial charge in [-0.25, -0.2) is 0 Å². The highest BCUT2D eigenvalue weighted by Crippen LogP contribution is 2.37. The first-order valence-electron chi connectivity index (χ1n) is 10.4. The van der Waals surface area contributed by atoms with E-state index in [0.717, 1.165) is 32.9 Å². The fourth-order valence-corrected chi connectivity index (χ4v) is 4.66. The number of hydrogen-bond acceptors (Lipinski definition) is 3. The summed E-state index contributed by atoms with van der Waals surface area (Å²) in [6.45, 7) is 6.49. The highest BCUT2D eigenvalue weighted by molar-refractivity contribution is 7.14. The van der Waals surface area contributed by atoms with E-state index in [9.17, 15) is 4.79 Å². The Labute approximate surface area is 198 Å². The van der Waals surface area contributed by atoms with Gasteiger partial charge in [-0.2, -0.15) is 0 Å². The van der Waals surface area contributed by atoms with Crippen LogP contribution < -0.4 is 4.90 Å². The van der Waals surface area contributed by atoms with Gasteiger partial charge in [0, 0.05) is 51.1 Å². The molecule has 4 aromatic rings. The van der Waals surface area contributed by atoms with Crippen molar-refractivity contribution in [2.75, 3.05) is 11.9 Å². The van der Waals surface area contributed by atoms with Crippen LogP contribution in [0.3, 0.4) is 0 Å². The molecule has 3 nitrogen and oxygen atoms in total. The molecule has 0 aliphatic heterocycles. The summed E-state index contributed by atoms with van der Waals surface area (Å²) in [6.07, 6.45) is 1.87. The largest absolute Gasteiger partial charge is 0.311 e. The normalized spacial score (nSPS) is 11.4. The summed E-state index contributed by atoms with van der Waals surface area (Å²) >= 11 is 8.30. The molecule has 4 rings (SSSR count). The summed E-state index contributed by atoms with van der Waals surface area (Å²) in [5.41, 5.74) is 5.56. The number of rotatable bonds is 4. The van der Waals surface area contributed by atoms with Crippen molar-refractivity contribution in [3.8, 4) is 21.6 Å². The molecule has 0 radical (unpaired) electrons. The first-order valence-corrected chi connectivity index (χ1v) is 11.7. The molecule has 0 bridgehead atoms. The molecule has 1 amide bonds. The van der Waals surface area contributed by atoms with Crippen LogP contribution in [-0.2, 0) is 5.41 Å². The van der Waals surface area contributed by atoms with Gasteiger partial charge in [0.05, 0.1) is 0 Å². The fourth-order valence-electron chi connectivity index (χ4n) is 3.47. The standard InChI is InChI=1S/C27H25ClN2OS/c1-27(2,3)25-16-18(12-13-29-25)24-15-20(17-32-24)22-11-10-19(14-23(22)28)26(31)30(4)21-8-6-5-7-9-21/h5-17H,1-4H3. The summed E-state index contributed by atoms with van der Waals surface area (Å²) < 4.78 is 0. The molecule has 0 saturated carbocycles. The van der Waals surface area contributed by atoms with Crippen molar-refractivity contribution < 1.29 is 4.79 Å². The van der Waals surface area contributed by atoms with Crippen molar-refractivity contribution in [1.29, 1.82) is 0 Å². The van der Waals surface area contributed by atoms with Crippen LogP contribution in [-0.4, -0.2) is 17.9 Å². The Kier molecular flexibility index (Phi) is 6.18. The van der Waals surface area contributed by atoms with Crippen molar-refractivity contribution in [1.82, 2.24) is 4.98 Å². The van der Waals surface area contributed by atoms with E-state index in [-0.39, 0.29) is 11.3 Å². The van der Waals surface area contributed by atoms with Crippen molar-refractivity contribution in [2.45, 2.75) is 26.2 Å². The highest BCUT2D eigenvalue weighted by atomic mass is 35.5. The molecular formula is C27H25ClN2OS. The first-order chi connectivity index (χ1) is 15.2. The third-order valence-electron chi connectivity index (χ3n) is 5.39. The zero-order valence-electron chi connectivity index (χ0n) is 18.6. The number of carbonyl (C=O) groups excluding carboxylic acids is 1. The lowest BCUT2D eigenvalue weighted by molar-refractivity contribution is 0.0993. The average Bonchev–Trinajstić information content (AvgIpc) is 3.28. The molecule has 2 aromatic heterocycles. The number of amides is 1. The molecule has 0 atom stereocenters. The van der Waals surface area contributed by atoms with Gasteiger partial charge >= 0.3 is 0 Å². The minimum Gasteiger partial charge on any atom is -0.311 e. The quantitative estimate of drug-likeness (QED) is 0.312. The molecule has 162 valence electrons. The maximum atomic E-state index is 12.9. The Bertz CT molecular complexity index is 1260. The van der Waals surface area contributed by atoms with Gasteiger partial charge in [0.15, 0.2) is 0 Å². The highest BCUT2D eigenvalue weighted by Gasteiger charge is 2.18. The van der Waals surface area contributed by atoms with E-state index in [0.29, 0.717) is 10.6 Å². The number of anilines is 1. The predicted octanol–water partition coefficient (Wildman–Crippen LogP) is 7.70. The number of aromatic nitrogens is 1. The summed E-state index contributed by atoms with van der Waals surface area (Å²) in [7, 11) is 1.77. The van der Waals surface area contributed by atoms with Crippen LogP contribution in [0.15, 0.2) is 78.3 Å². The molecule has 2 heterocycles. The van der Waals surface area contributed by atoms with Crippen molar-refractivity contribution in [3.05, 3.63) is 94.6 Å². The monoisotopic (exact) mass is 460 g/mol. The molecule has 0 unspecified atom stereocenters. The van der Waals surface area contributed by atoms with E-state index in [2.05, 4.69) is 43.3 Å². The van der Waals surface area contributed by atoms with Crippen LogP contribution in [0.2, 0.25) is 5.02 Å². The summed E-state index contributed by atoms with van der Waals surface area (Å²) in [5.74, 6) is -0.0952. The number of para-hydroxylation sites is 1. The second kappa shape index (κ2) is 8.89. The van der Waals surface area contributed by atoms with Crippen molar-refractivity contribution >= 4 is 34.5 Å². The molecular weight excluding hydrogens is 436 g/mol. The molecule has 2 aromatic carbocycles. The SMILES string of the molecule is CN(C(=O)c1ccc(-c2csc(-c3ccnc(C(C)(C)C)c3)c2)c(Cl)c1)c1ccccc1. The van der Waals surface area contributed by atoms with E-state index < -0.39 is 0 Å². The maximum Gasteiger partial charge on any atom is 0.258 e. The molecule has 0 saturated heterocycles. The third-order valence-corrected chi connectivity index (χ3v) is 6.68. The lowest BCUT2D eigenvalue weighted by atomic mass is 9.90. The lowest BCUT2D eigenvalue weighted by Gasteiger charge is -2.18. The lowest BCUT2D eigenvalue weighted by Crippen LogP contribution is -2.26. The Balaban J connectivity index is 1.60. The third kappa shape index (κ3) is 4.62. The number of thiophene rings is 1. The molecule has 0 fully saturated rings. The van der Waals surface area contributed by atoms with Crippen LogP contribution in [0.5, 0.6) is 0 Å². The number of hydrogen-bond donors (Lipinski definition) is 0. The second-order valence-corrected chi connectivity index (χ2v) is 10.1. The molecule has 0 aliphatic rings. The van der Waals surface area contributed by atoms with Gasteiger partial charge in [0.25, 0.3) is 5.91 Å². The van der Waals surface area contributed by atoms with Crippen LogP contribution >= 0.6 is 22.9 Å². The van der Waals surface area contributed by atoms with Crippen molar-refractivity contribution in [2.24, 2.45) is 0 Å². The van der Waals surface area contributed by atoms with Gasteiger partial charge in [-0.1, -0.05) is 56.6 Å².